The fraction of sp³-hybridized carbons (Fsp3) is 0.500. The lowest BCUT2D eigenvalue weighted by Crippen LogP contribution is -2.39. The van der Waals surface area contributed by atoms with E-state index in [2.05, 4.69) is 10.3 Å². The van der Waals surface area contributed by atoms with E-state index in [0.717, 1.165) is 15.4 Å². The third kappa shape index (κ3) is 5.86. The predicted octanol–water partition coefficient (Wildman–Crippen LogP) is 4.41. The minimum absolute atomic E-state index is 0.0234. The second kappa shape index (κ2) is 8.62. The first-order chi connectivity index (χ1) is 13.6. The van der Waals surface area contributed by atoms with E-state index in [9.17, 15) is 14.4 Å². The molecule has 0 bridgehead atoms. The molecule has 0 saturated carbocycles. The number of ketones is 1. The van der Waals surface area contributed by atoms with Gasteiger partial charge in [0.25, 0.3) is 0 Å². The van der Waals surface area contributed by atoms with Crippen molar-refractivity contribution in [1.29, 1.82) is 0 Å². The van der Waals surface area contributed by atoms with Gasteiger partial charge in [-0.2, -0.15) is 0 Å². The number of Topliss-reactive ketones (excluding diaryl/α,β-unsaturated/α-hetero) is 1. The number of carbonyl (C=O) groups excluding carboxylic acids is 3. The Balaban J connectivity index is 1.52. The minimum atomic E-state index is -0.538. The average molecular weight is 436 g/mol. The average Bonchev–Trinajstić information content (AvgIpc) is 3.23. The highest BCUT2D eigenvalue weighted by Gasteiger charge is 2.28. The Bertz CT molecular complexity index is 927. The number of aryl methyl sites for hydroxylation is 1. The SMILES string of the molecule is Cc1ccc(C(=O)CCC(=O)Nc2nc3c(s2)CN(C(=O)OC(C)(C)C)CC3)s1. The van der Waals surface area contributed by atoms with E-state index in [-0.39, 0.29) is 30.6 Å². The molecule has 3 rings (SSSR count). The van der Waals surface area contributed by atoms with Gasteiger partial charge in [0.15, 0.2) is 10.9 Å². The quantitative estimate of drug-likeness (QED) is 0.703. The molecule has 9 heteroatoms. The number of aromatic nitrogens is 1. The van der Waals surface area contributed by atoms with Crippen molar-refractivity contribution >= 4 is 45.6 Å². The summed E-state index contributed by atoms with van der Waals surface area (Å²) in [6.45, 7) is 8.42. The van der Waals surface area contributed by atoms with Gasteiger partial charge in [0, 0.05) is 35.6 Å². The maximum absolute atomic E-state index is 12.3. The summed E-state index contributed by atoms with van der Waals surface area (Å²) < 4.78 is 5.43. The van der Waals surface area contributed by atoms with Gasteiger partial charge in [-0.15, -0.1) is 11.3 Å². The summed E-state index contributed by atoms with van der Waals surface area (Å²) in [7, 11) is 0. The molecular formula is C20H25N3O4S2. The summed E-state index contributed by atoms with van der Waals surface area (Å²) in [5.41, 5.74) is 0.360. The summed E-state index contributed by atoms with van der Waals surface area (Å²) in [4.78, 5) is 45.5. The van der Waals surface area contributed by atoms with Gasteiger partial charge in [-0.1, -0.05) is 11.3 Å². The van der Waals surface area contributed by atoms with Gasteiger partial charge in [0.05, 0.1) is 17.1 Å². The van der Waals surface area contributed by atoms with Crippen molar-refractivity contribution in [3.8, 4) is 0 Å². The highest BCUT2D eigenvalue weighted by atomic mass is 32.1. The van der Waals surface area contributed by atoms with Crippen LogP contribution in [-0.2, 0) is 22.5 Å². The van der Waals surface area contributed by atoms with Gasteiger partial charge in [0.1, 0.15) is 5.60 Å². The molecule has 1 aliphatic heterocycles. The number of hydrogen-bond acceptors (Lipinski definition) is 7. The number of amides is 2. The van der Waals surface area contributed by atoms with E-state index in [0.29, 0.717) is 29.5 Å². The maximum atomic E-state index is 12.3. The zero-order valence-electron chi connectivity index (χ0n) is 17.0. The topological polar surface area (TPSA) is 88.6 Å². The lowest BCUT2D eigenvalue weighted by atomic mass is 10.2. The molecule has 0 unspecified atom stereocenters. The predicted molar refractivity (Wildman–Crippen MR) is 114 cm³/mol. The van der Waals surface area contributed by atoms with Crippen molar-refractivity contribution in [1.82, 2.24) is 9.88 Å². The normalized spacial score (nSPS) is 13.7. The van der Waals surface area contributed by atoms with Crippen molar-refractivity contribution in [2.24, 2.45) is 0 Å². The van der Waals surface area contributed by atoms with Gasteiger partial charge in [0.2, 0.25) is 5.91 Å². The molecule has 2 amide bonds. The third-order valence-corrected chi connectivity index (χ3v) is 6.26. The maximum Gasteiger partial charge on any atom is 0.410 e. The van der Waals surface area contributed by atoms with Gasteiger partial charge >= 0.3 is 6.09 Å². The van der Waals surface area contributed by atoms with Crippen molar-refractivity contribution < 1.29 is 19.1 Å². The smallest absolute Gasteiger partial charge is 0.410 e. The van der Waals surface area contributed by atoms with Crippen molar-refractivity contribution in [3.05, 3.63) is 32.5 Å². The number of thiophene rings is 1. The van der Waals surface area contributed by atoms with Gasteiger partial charge in [-0.05, 0) is 39.8 Å². The summed E-state index contributed by atoms with van der Waals surface area (Å²) in [5, 5.41) is 3.28. The highest BCUT2D eigenvalue weighted by Crippen LogP contribution is 2.29. The van der Waals surface area contributed by atoms with Gasteiger partial charge in [-0.3, -0.25) is 9.59 Å². The number of hydrogen-bond donors (Lipinski definition) is 1. The molecule has 156 valence electrons. The zero-order valence-corrected chi connectivity index (χ0v) is 18.7. The zero-order chi connectivity index (χ0) is 21.2. The molecule has 2 aromatic heterocycles. The molecule has 0 fully saturated rings. The molecule has 0 saturated heterocycles. The number of thiazole rings is 1. The molecule has 7 nitrogen and oxygen atoms in total. The highest BCUT2D eigenvalue weighted by molar-refractivity contribution is 7.16. The van der Waals surface area contributed by atoms with E-state index < -0.39 is 5.60 Å². The Labute approximate surface area is 178 Å². The van der Waals surface area contributed by atoms with E-state index in [1.807, 2.05) is 33.8 Å². The van der Waals surface area contributed by atoms with Gasteiger partial charge in [-0.25, -0.2) is 9.78 Å². The molecule has 0 radical (unpaired) electrons. The first-order valence-electron chi connectivity index (χ1n) is 9.47. The fourth-order valence-corrected chi connectivity index (χ4v) is 4.72. The molecule has 1 aliphatic rings. The number of rotatable bonds is 5. The number of carbonyl (C=O) groups is 3. The molecule has 0 atom stereocenters. The molecule has 0 aliphatic carbocycles. The molecular weight excluding hydrogens is 410 g/mol. The van der Waals surface area contributed by atoms with Crippen LogP contribution in [0.3, 0.4) is 0 Å². The monoisotopic (exact) mass is 435 g/mol. The first kappa shape index (κ1) is 21.4. The van der Waals surface area contributed by atoms with E-state index >= 15 is 0 Å². The van der Waals surface area contributed by atoms with Crippen molar-refractivity contribution in [2.45, 2.75) is 59.1 Å². The van der Waals surface area contributed by atoms with E-state index in [1.54, 1.807) is 11.0 Å². The van der Waals surface area contributed by atoms with Crippen LogP contribution >= 0.6 is 22.7 Å². The van der Waals surface area contributed by atoms with Crippen LogP contribution in [0.5, 0.6) is 0 Å². The van der Waals surface area contributed by atoms with E-state index in [1.165, 1.54) is 22.7 Å². The van der Waals surface area contributed by atoms with Crippen LogP contribution in [0.1, 0.15) is 58.7 Å². The Hall–Kier alpha value is -2.26. The minimum Gasteiger partial charge on any atom is -0.444 e. The summed E-state index contributed by atoms with van der Waals surface area (Å²) in [5.74, 6) is -0.258. The van der Waals surface area contributed by atoms with Crippen LogP contribution in [0.25, 0.3) is 0 Å². The Morgan fingerprint density at radius 1 is 1.21 bits per heavy atom. The lowest BCUT2D eigenvalue weighted by molar-refractivity contribution is -0.116. The second-order valence-electron chi connectivity index (χ2n) is 7.92. The standard InChI is InChI=1S/C20H25N3O4S2/c1-12-5-7-15(28-12)14(24)6-8-17(25)22-18-21-13-9-10-23(11-16(13)29-18)19(26)27-20(2,3)4/h5,7H,6,8-11H2,1-4H3,(H,21,22,25). The van der Waals surface area contributed by atoms with Gasteiger partial charge < -0.3 is 15.0 Å². The molecule has 29 heavy (non-hydrogen) atoms. The number of anilines is 1. The molecule has 2 aromatic rings. The first-order valence-corrected chi connectivity index (χ1v) is 11.1. The Kier molecular flexibility index (Phi) is 6.38. The summed E-state index contributed by atoms with van der Waals surface area (Å²) in [6, 6.07) is 3.70. The Morgan fingerprint density at radius 2 is 1.97 bits per heavy atom. The van der Waals surface area contributed by atoms with Crippen LogP contribution in [-0.4, -0.2) is 39.8 Å². The van der Waals surface area contributed by atoms with Crippen LogP contribution in [0.2, 0.25) is 0 Å². The third-order valence-electron chi connectivity index (χ3n) is 4.22. The van der Waals surface area contributed by atoms with Crippen LogP contribution in [0.4, 0.5) is 9.93 Å². The molecule has 1 N–H and O–H groups in total. The summed E-state index contributed by atoms with van der Waals surface area (Å²) >= 11 is 2.80. The number of ether oxygens (including phenoxy) is 1. The number of fused-ring (bicyclic) bond motifs is 1. The van der Waals surface area contributed by atoms with E-state index in [4.69, 9.17) is 4.74 Å². The number of nitrogens with one attached hydrogen (secondary N) is 1. The number of nitrogens with zero attached hydrogens (tertiary/aromatic N) is 2. The molecule has 0 spiro atoms. The van der Waals surface area contributed by atoms with Crippen LogP contribution in [0.15, 0.2) is 12.1 Å². The second-order valence-corrected chi connectivity index (χ2v) is 10.3. The molecule has 3 heterocycles. The van der Waals surface area contributed by atoms with Crippen LogP contribution in [0, 0.1) is 6.92 Å². The van der Waals surface area contributed by atoms with Crippen LogP contribution < -0.4 is 5.32 Å². The Morgan fingerprint density at radius 3 is 2.62 bits per heavy atom. The fourth-order valence-electron chi connectivity index (χ4n) is 2.85. The van der Waals surface area contributed by atoms with Crippen molar-refractivity contribution in [2.75, 3.05) is 11.9 Å². The van der Waals surface area contributed by atoms with Crippen molar-refractivity contribution in [3.63, 3.8) is 0 Å². The summed E-state index contributed by atoms with van der Waals surface area (Å²) in [6.07, 6.45) is 0.564. The molecule has 0 aromatic carbocycles. The lowest BCUT2D eigenvalue weighted by Gasteiger charge is -2.29. The largest absolute Gasteiger partial charge is 0.444 e.